The lowest BCUT2D eigenvalue weighted by atomic mass is 10.4. The highest BCUT2D eigenvalue weighted by atomic mass is 35.5. The van der Waals surface area contributed by atoms with Crippen molar-refractivity contribution < 1.29 is 4.79 Å². The largest absolute Gasteiger partial charge is 0.354 e. The Kier molecular flexibility index (Phi) is 6.27. The average Bonchev–Trinajstić information content (AvgIpc) is 1.97. The summed E-state index contributed by atoms with van der Waals surface area (Å²) in [5.41, 5.74) is 0. The topological polar surface area (TPSA) is 41.1 Å². The molecule has 0 aromatic rings. The van der Waals surface area contributed by atoms with Crippen molar-refractivity contribution in [1.29, 1.82) is 0 Å². The van der Waals surface area contributed by atoms with Crippen molar-refractivity contribution in [2.75, 3.05) is 19.0 Å². The fraction of sp³-hybridized carbons (Fsp3) is 0.857. The number of hydrogen-bond acceptors (Lipinski definition) is 2. The van der Waals surface area contributed by atoms with E-state index in [1.165, 1.54) is 0 Å². The number of amides is 1. The van der Waals surface area contributed by atoms with Crippen LogP contribution in [0.4, 0.5) is 0 Å². The van der Waals surface area contributed by atoms with E-state index in [1.54, 1.807) is 0 Å². The van der Waals surface area contributed by atoms with Gasteiger partial charge in [-0.1, -0.05) is 13.8 Å². The highest BCUT2D eigenvalue weighted by molar-refractivity contribution is 6.18. The third-order valence-electron chi connectivity index (χ3n) is 1.09. The van der Waals surface area contributed by atoms with Crippen LogP contribution >= 0.6 is 11.6 Å². The molecule has 0 heterocycles. The van der Waals surface area contributed by atoms with E-state index in [2.05, 4.69) is 10.6 Å². The van der Waals surface area contributed by atoms with Crippen molar-refractivity contribution in [2.24, 2.45) is 0 Å². The average molecular weight is 179 g/mol. The Labute approximate surface area is 72.5 Å². The number of carbonyl (C=O) groups excluding carboxylic acids is 1. The van der Waals surface area contributed by atoms with E-state index in [9.17, 15) is 4.79 Å². The summed E-state index contributed by atoms with van der Waals surface area (Å²) >= 11 is 5.37. The molecule has 2 N–H and O–H groups in total. The van der Waals surface area contributed by atoms with Crippen molar-refractivity contribution in [3.8, 4) is 0 Å². The zero-order chi connectivity index (χ0) is 8.69. The molecule has 0 fully saturated rings. The molecule has 0 aromatic carbocycles. The van der Waals surface area contributed by atoms with Crippen LogP contribution < -0.4 is 10.6 Å². The molecule has 0 unspecified atom stereocenters. The quantitative estimate of drug-likeness (QED) is 0.597. The summed E-state index contributed by atoms with van der Waals surface area (Å²) in [6, 6.07) is 0.344. The predicted octanol–water partition coefficient (Wildman–Crippen LogP) is 0.339. The Balaban J connectivity index is 3.23. The molecule has 0 radical (unpaired) electrons. The Morgan fingerprint density at radius 2 is 2.18 bits per heavy atom. The van der Waals surface area contributed by atoms with E-state index in [-0.39, 0.29) is 5.91 Å². The Morgan fingerprint density at radius 3 is 2.64 bits per heavy atom. The summed E-state index contributed by atoms with van der Waals surface area (Å²) in [6.07, 6.45) is 0. The number of hydrogen-bond donors (Lipinski definition) is 2. The smallest absolute Gasteiger partial charge is 0.234 e. The van der Waals surface area contributed by atoms with Gasteiger partial charge in [0.1, 0.15) is 0 Å². The molecular weight excluding hydrogens is 164 g/mol. The van der Waals surface area contributed by atoms with Crippen LogP contribution in [-0.4, -0.2) is 30.9 Å². The molecule has 4 heteroatoms. The van der Waals surface area contributed by atoms with Gasteiger partial charge in [0.25, 0.3) is 0 Å². The van der Waals surface area contributed by atoms with E-state index in [1.807, 2.05) is 13.8 Å². The standard InChI is InChI=1S/C7H15ClN2O/c1-6(2)10-5-7(11)9-4-3-8/h6,10H,3-5H2,1-2H3,(H,9,11). The van der Waals surface area contributed by atoms with Crippen LogP contribution in [0.5, 0.6) is 0 Å². The summed E-state index contributed by atoms with van der Waals surface area (Å²) in [5.74, 6) is 0.465. The van der Waals surface area contributed by atoms with Crippen molar-refractivity contribution >= 4 is 17.5 Å². The maximum Gasteiger partial charge on any atom is 0.234 e. The van der Waals surface area contributed by atoms with Gasteiger partial charge in [0.05, 0.1) is 6.54 Å². The van der Waals surface area contributed by atoms with Gasteiger partial charge in [-0.3, -0.25) is 4.79 Å². The van der Waals surface area contributed by atoms with Gasteiger partial charge in [-0.15, -0.1) is 11.6 Å². The maximum absolute atomic E-state index is 10.9. The van der Waals surface area contributed by atoms with Gasteiger partial charge in [-0.2, -0.15) is 0 Å². The van der Waals surface area contributed by atoms with Gasteiger partial charge in [0, 0.05) is 18.5 Å². The molecule has 0 aromatic heterocycles. The Hall–Kier alpha value is -0.280. The van der Waals surface area contributed by atoms with Gasteiger partial charge in [-0.25, -0.2) is 0 Å². The Morgan fingerprint density at radius 1 is 1.55 bits per heavy atom. The van der Waals surface area contributed by atoms with E-state index < -0.39 is 0 Å². The van der Waals surface area contributed by atoms with Gasteiger partial charge in [0.2, 0.25) is 5.91 Å². The molecule has 11 heavy (non-hydrogen) atoms. The zero-order valence-corrected chi connectivity index (χ0v) is 7.74. The van der Waals surface area contributed by atoms with E-state index in [0.29, 0.717) is 25.0 Å². The number of nitrogens with one attached hydrogen (secondary N) is 2. The van der Waals surface area contributed by atoms with Crippen LogP contribution in [0, 0.1) is 0 Å². The van der Waals surface area contributed by atoms with Crippen LogP contribution in [0.15, 0.2) is 0 Å². The first-order valence-electron chi connectivity index (χ1n) is 3.73. The van der Waals surface area contributed by atoms with Crippen LogP contribution in [0.1, 0.15) is 13.8 Å². The van der Waals surface area contributed by atoms with Crippen molar-refractivity contribution in [3.05, 3.63) is 0 Å². The van der Waals surface area contributed by atoms with E-state index in [0.717, 1.165) is 0 Å². The molecule has 0 aliphatic carbocycles. The minimum Gasteiger partial charge on any atom is -0.354 e. The van der Waals surface area contributed by atoms with E-state index >= 15 is 0 Å². The monoisotopic (exact) mass is 178 g/mol. The fourth-order valence-electron chi connectivity index (χ4n) is 0.546. The lowest BCUT2D eigenvalue weighted by Crippen LogP contribution is -2.37. The first-order chi connectivity index (χ1) is 5.16. The number of rotatable bonds is 5. The van der Waals surface area contributed by atoms with Gasteiger partial charge in [0.15, 0.2) is 0 Å². The van der Waals surface area contributed by atoms with Crippen molar-refractivity contribution in [3.63, 3.8) is 0 Å². The minimum atomic E-state index is -0.000602. The summed E-state index contributed by atoms with van der Waals surface area (Å²) < 4.78 is 0. The lowest BCUT2D eigenvalue weighted by molar-refractivity contribution is -0.120. The molecule has 0 saturated heterocycles. The number of halogens is 1. The SMILES string of the molecule is CC(C)NCC(=O)NCCCl. The zero-order valence-electron chi connectivity index (χ0n) is 6.98. The van der Waals surface area contributed by atoms with Crippen LogP contribution in [0.2, 0.25) is 0 Å². The summed E-state index contributed by atoms with van der Waals surface area (Å²) in [7, 11) is 0. The molecule has 0 rings (SSSR count). The Bertz CT molecular complexity index is 117. The van der Waals surface area contributed by atoms with E-state index in [4.69, 9.17) is 11.6 Å². The van der Waals surface area contributed by atoms with Crippen molar-refractivity contribution in [1.82, 2.24) is 10.6 Å². The number of alkyl halides is 1. The van der Waals surface area contributed by atoms with Gasteiger partial charge in [-0.05, 0) is 0 Å². The maximum atomic E-state index is 10.9. The number of carbonyl (C=O) groups is 1. The third-order valence-corrected chi connectivity index (χ3v) is 1.28. The molecule has 0 spiro atoms. The van der Waals surface area contributed by atoms with Crippen LogP contribution in [-0.2, 0) is 4.79 Å². The molecule has 0 bridgehead atoms. The second-order valence-corrected chi connectivity index (χ2v) is 2.95. The summed E-state index contributed by atoms with van der Waals surface area (Å²) in [6.45, 7) is 4.90. The first-order valence-corrected chi connectivity index (χ1v) is 4.26. The van der Waals surface area contributed by atoms with Gasteiger partial charge >= 0.3 is 0 Å². The van der Waals surface area contributed by atoms with Crippen LogP contribution in [0.25, 0.3) is 0 Å². The lowest BCUT2D eigenvalue weighted by Gasteiger charge is -2.07. The fourth-order valence-corrected chi connectivity index (χ4v) is 0.640. The molecular formula is C7H15ClN2O. The van der Waals surface area contributed by atoms with Crippen LogP contribution in [0.3, 0.4) is 0 Å². The third kappa shape index (κ3) is 7.62. The molecule has 0 atom stereocenters. The second kappa shape index (κ2) is 6.43. The highest BCUT2D eigenvalue weighted by Crippen LogP contribution is 1.75. The minimum absolute atomic E-state index is 0.000602. The molecule has 0 saturated carbocycles. The van der Waals surface area contributed by atoms with Gasteiger partial charge < -0.3 is 10.6 Å². The molecule has 1 amide bonds. The first kappa shape index (κ1) is 10.7. The molecule has 0 aliphatic rings. The highest BCUT2D eigenvalue weighted by Gasteiger charge is 1.99. The van der Waals surface area contributed by atoms with Crippen molar-refractivity contribution in [2.45, 2.75) is 19.9 Å². The second-order valence-electron chi connectivity index (χ2n) is 2.57. The predicted molar refractivity (Wildman–Crippen MR) is 46.9 cm³/mol. The summed E-state index contributed by atoms with van der Waals surface area (Å²) in [5, 5.41) is 5.65. The molecule has 0 aliphatic heterocycles. The summed E-state index contributed by atoms with van der Waals surface area (Å²) in [4.78, 5) is 10.9. The molecule has 66 valence electrons. The molecule has 3 nitrogen and oxygen atoms in total. The normalized spacial score (nSPS) is 10.2.